The Kier molecular flexibility index (Phi) is 3.87. The van der Waals surface area contributed by atoms with Gasteiger partial charge in [-0.3, -0.25) is 20.4 Å². The van der Waals surface area contributed by atoms with Crippen LogP contribution in [0, 0.1) is 17.8 Å². The van der Waals surface area contributed by atoms with Crippen LogP contribution in [0.2, 0.25) is 0 Å². The Morgan fingerprint density at radius 2 is 1.78 bits per heavy atom. The minimum Gasteiger partial charge on any atom is -0.459 e. The summed E-state index contributed by atoms with van der Waals surface area (Å²) in [6.45, 7) is 0. The Morgan fingerprint density at radius 1 is 1.13 bits per heavy atom. The minimum absolute atomic E-state index is 0.148. The summed E-state index contributed by atoms with van der Waals surface area (Å²) in [5.74, 6) is 2.68. The van der Waals surface area contributed by atoms with Crippen LogP contribution in [-0.4, -0.2) is 22.3 Å². The molecule has 0 spiro atoms. The van der Waals surface area contributed by atoms with Crippen molar-refractivity contribution in [3.63, 3.8) is 0 Å². The van der Waals surface area contributed by atoms with Gasteiger partial charge in [0.15, 0.2) is 5.76 Å². The molecule has 4 aliphatic carbocycles. The minimum atomic E-state index is -0.428. The van der Waals surface area contributed by atoms with E-state index in [4.69, 9.17) is 4.42 Å². The summed E-state index contributed by atoms with van der Waals surface area (Å²) in [4.78, 5) is 23.7. The highest BCUT2D eigenvalue weighted by molar-refractivity contribution is 8.01. The molecule has 0 saturated heterocycles. The van der Waals surface area contributed by atoms with Gasteiger partial charge >= 0.3 is 5.91 Å². The van der Waals surface area contributed by atoms with Gasteiger partial charge in [0, 0.05) is 4.75 Å². The third-order valence-corrected chi connectivity index (χ3v) is 7.07. The Labute approximate surface area is 139 Å². The first-order valence-electron chi connectivity index (χ1n) is 8.38. The lowest BCUT2D eigenvalue weighted by molar-refractivity contribution is -0.119. The lowest BCUT2D eigenvalue weighted by Crippen LogP contribution is -2.49. The molecule has 2 amide bonds. The first-order valence-corrected chi connectivity index (χ1v) is 9.37. The lowest BCUT2D eigenvalue weighted by Gasteiger charge is -2.56. The fourth-order valence-electron chi connectivity index (χ4n) is 5.06. The molecule has 1 heterocycles. The number of rotatable bonds is 4. The number of hydrogen-bond acceptors (Lipinski definition) is 4. The largest absolute Gasteiger partial charge is 0.459 e. The summed E-state index contributed by atoms with van der Waals surface area (Å²) in [6, 6.07) is 3.20. The molecule has 4 aliphatic rings. The van der Waals surface area contributed by atoms with Crippen molar-refractivity contribution in [2.75, 3.05) is 5.75 Å². The van der Waals surface area contributed by atoms with Crippen LogP contribution < -0.4 is 10.9 Å². The fourth-order valence-corrected chi connectivity index (χ4v) is 6.63. The number of carbonyl (C=O) groups excluding carboxylic acids is 2. The molecule has 5 nitrogen and oxygen atoms in total. The number of amides is 2. The molecule has 2 N–H and O–H groups in total. The van der Waals surface area contributed by atoms with Gasteiger partial charge in [-0.05, 0) is 68.4 Å². The molecule has 0 radical (unpaired) electrons. The monoisotopic (exact) mass is 334 g/mol. The van der Waals surface area contributed by atoms with Crippen LogP contribution in [0.25, 0.3) is 0 Å². The average Bonchev–Trinajstić information content (AvgIpc) is 3.04. The molecule has 0 atom stereocenters. The van der Waals surface area contributed by atoms with E-state index in [9.17, 15) is 9.59 Å². The second-order valence-corrected chi connectivity index (χ2v) is 8.81. The van der Waals surface area contributed by atoms with Gasteiger partial charge in [-0.1, -0.05) is 0 Å². The van der Waals surface area contributed by atoms with Crippen LogP contribution in [-0.2, 0) is 4.79 Å². The van der Waals surface area contributed by atoms with Crippen LogP contribution in [0.3, 0.4) is 0 Å². The second kappa shape index (κ2) is 5.89. The van der Waals surface area contributed by atoms with Crippen LogP contribution in [0.5, 0.6) is 0 Å². The molecular formula is C17H22N2O3S. The normalized spacial score (nSPS) is 34.3. The maximum Gasteiger partial charge on any atom is 0.305 e. The van der Waals surface area contributed by atoms with E-state index in [2.05, 4.69) is 10.9 Å². The van der Waals surface area contributed by atoms with E-state index in [0.717, 1.165) is 17.8 Å². The SMILES string of the molecule is O=C(CSC12CC3CC(CC(C3)C1)C2)NNC(=O)c1ccco1. The Balaban J connectivity index is 1.26. The first-order chi connectivity index (χ1) is 11.1. The van der Waals surface area contributed by atoms with Crippen molar-refractivity contribution in [2.24, 2.45) is 17.8 Å². The van der Waals surface area contributed by atoms with E-state index in [1.807, 2.05) is 0 Å². The summed E-state index contributed by atoms with van der Waals surface area (Å²) in [7, 11) is 0. The van der Waals surface area contributed by atoms with E-state index < -0.39 is 5.91 Å². The maximum atomic E-state index is 12.0. The van der Waals surface area contributed by atoms with Crippen LogP contribution in [0.15, 0.2) is 22.8 Å². The first kappa shape index (κ1) is 15.1. The molecule has 23 heavy (non-hydrogen) atoms. The summed E-state index contributed by atoms with van der Waals surface area (Å²) in [5.41, 5.74) is 4.88. The van der Waals surface area contributed by atoms with Gasteiger partial charge in [0.25, 0.3) is 0 Å². The molecule has 6 heteroatoms. The zero-order valence-corrected chi connectivity index (χ0v) is 13.9. The Bertz CT molecular complexity index is 564. The van der Waals surface area contributed by atoms with E-state index in [1.165, 1.54) is 44.8 Å². The van der Waals surface area contributed by atoms with Gasteiger partial charge in [0.2, 0.25) is 5.91 Å². The molecule has 4 bridgehead atoms. The third-order valence-electron chi connectivity index (χ3n) is 5.55. The van der Waals surface area contributed by atoms with Crippen molar-refractivity contribution in [2.45, 2.75) is 43.3 Å². The maximum absolute atomic E-state index is 12.0. The van der Waals surface area contributed by atoms with E-state index in [0.29, 0.717) is 10.5 Å². The fraction of sp³-hybridized carbons (Fsp3) is 0.647. The van der Waals surface area contributed by atoms with Crippen molar-refractivity contribution in [1.29, 1.82) is 0 Å². The average molecular weight is 334 g/mol. The Hall–Kier alpha value is -1.43. The molecular weight excluding hydrogens is 312 g/mol. The molecule has 124 valence electrons. The summed E-state index contributed by atoms with van der Waals surface area (Å²) in [6.07, 6.45) is 9.47. The molecule has 1 aromatic heterocycles. The zero-order valence-electron chi connectivity index (χ0n) is 13.0. The topological polar surface area (TPSA) is 71.3 Å². The summed E-state index contributed by atoms with van der Waals surface area (Å²) in [5, 5.41) is 0. The van der Waals surface area contributed by atoms with Crippen LogP contribution >= 0.6 is 11.8 Å². The highest BCUT2D eigenvalue weighted by Gasteiger charge is 2.51. The van der Waals surface area contributed by atoms with Gasteiger partial charge < -0.3 is 4.42 Å². The molecule has 0 unspecified atom stereocenters. The van der Waals surface area contributed by atoms with E-state index >= 15 is 0 Å². The smallest absolute Gasteiger partial charge is 0.305 e. The lowest BCUT2D eigenvalue weighted by atomic mass is 9.56. The second-order valence-electron chi connectivity index (χ2n) is 7.37. The van der Waals surface area contributed by atoms with Crippen molar-refractivity contribution in [3.8, 4) is 0 Å². The van der Waals surface area contributed by atoms with Crippen molar-refractivity contribution >= 4 is 23.6 Å². The Morgan fingerprint density at radius 3 is 2.35 bits per heavy atom. The molecule has 5 rings (SSSR count). The molecule has 4 saturated carbocycles. The zero-order chi connectivity index (χ0) is 15.9. The number of hydrazine groups is 1. The van der Waals surface area contributed by atoms with Gasteiger partial charge in [0.05, 0.1) is 12.0 Å². The number of furan rings is 1. The number of carbonyl (C=O) groups is 2. The third kappa shape index (κ3) is 3.13. The predicted octanol–water partition coefficient (Wildman–Crippen LogP) is 2.74. The van der Waals surface area contributed by atoms with Crippen molar-refractivity contribution in [1.82, 2.24) is 10.9 Å². The highest BCUT2D eigenvalue weighted by atomic mass is 32.2. The summed E-state index contributed by atoms with van der Waals surface area (Å²) < 4.78 is 5.30. The number of hydrogen-bond donors (Lipinski definition) is 2. The molecule has 1 aromatic rings. The van der Waals surface area contributed by atoms with Crippen LogP contribution in [0.1, 0.15) is 49.1 Å². The van der Waals surface area contributed by atoms with Gasteiger partial charge in [-0.25, -0.2) is 0 Å². The van der Waals surface area contributed by atoms with Gasteiger partial charge in [-0.2, -0.15) is 0 Å². The number of nitrogens with one attached hydrogen (secondary N) is 2. The highest BCUT2D eigenvalue weighted by Crippen LogP contribution is 2.60. The standard InChI is InChI=1S/C17H22N2O3S/c20-15(18-19-16(21)14-2-1-3-22-14)10-23-17-7-11-4-12(8-17)6-13(5-11)9-17/h1-3,11-13H,4-10H2,(H,18,20)(H,19,21). The molecule has 0 aromatic carbocycles. The predicted molar refractivity (Wildman–Crippen MR) is 87.7 cm³/mol. The van der Waals surface area contributed by atoms with Gasteiger partial charge in [-0.15, -0.1) is 11.8 Å². The van der Waals surface area contributed by atoms with E-state index in [1.54, 1.807) is 23.9 Å². The summed E-state index contributed by atoms with van der Waals surface area (Å²) >= 11 is 1.80. The molecule has 4 fully saturated rings. The quantitative estimate of drug-likeness (QED) is 0.831. The van der Waals surface area contributed by atoms with Gasteiger partial charge in [0.1, 0.15) is 0 Å². The van der Waals surface area contributed by atoms with E-state index in [-0.39, 0.29) is 11.7 Å². The van der Waals surface area contributed by atoms with Crippen molar-refractivity contribution in [3.05, 3.63) is 24.2 Å². The molecule has 0 aliphatic heterocycles. The number of thioether (sulfide) groups is 1. The van der Waals surface area contributed by atoms with Crippen LogP contribution in [0.4, 0.5) is 0 Å². The van der Waals surface area contributed by atoms with Crippen molar-refractivity contribution < 1.29 is 14.0 Å².